The molecule has 0 radical (unpaired) electrons. The number of benzene rings is 1. The summed E-state index contributed by atoms with van der Waals surface area (Å²) in [6.07, 6.45) is 4.95. The van der Waals surface area contributed by atoms with Crippen LogP contribution in [0.3, 0.4) is 0 Å². The lowest BCUT2D eigenvalue weighted by atomic mass is 10.2. The van der Waals surface area contributed by atoms with Crippen molar-refractivity contribution in [1.82, 2.24) is 9.97 Å². The molecule has 1 aromatic carbocycles. The van der Waals surface area contributed by atoms with Gasteiger partial charge in [-0.15, -0.1) is 0 Å². The number of hydrogen-bond acceptors (Lipinski definition) is 4. The van der Waals surface area contributed by atoms with E-state index in [1.807, 2.05) is 42.5 Å². The smallest absolute Gasteiger partial charge is 0.257 e. The van der Waals surface area contributed by atoms with E-state index in [2.05, 4.69) is 20.6 Å². The number of amides is 1. The van der Waals surface area contributed by atoms with Gasteiger partial charge in [0.2, 0.25) is 0 Å². The molecule has 0 aliphatic heterocycles. The molecule has 5 heteroatoms. The summed E-state index contributed by atoms with van der Waals surface area (Å²) in [6.45, 7) is 0.655. The van der Waals surface area contributed by atoms with Crippen molar-refractivity contribution in [1.29, 1.82) is 0 Å². The van der Waals surface area contributed by atoms with Crippen molar-refractivity contribution in [2.24, 2.45) is 0 Å². The van der Waals surface area contributed by atoms with Crippen LogP contribution in [-0.4, -0.2) is 15.9 Å². The summed E-state index contributed by atoms with van der Waals surface area (Å²) in [5.41, 5.74) is 3.21. The van der Waals surface area contributed by atoms with Crippen LogP contribution in [-0.2, 0) is 6.54 Å². The summed E-state index contributed by atoms with van der Waals surface area (Å²) in [5, 5.41) is 6.13. The Morgan fingerprint density at radius 2 is 1.74 bits per heavy atom. The Morgan fingerprint density at radius 1 is 0.913 bits per heavy atom. The Kier molecular flexibility index (Phi) is 4.59. The SMILES string of the molecule is O=C(Nc1ccc(NCc2ccccn2)cc1)c1cccnc1. The Morgan fingerprint density at radius 3 is 2.43 bits per heavy atom. The molecular weight excluding hydrogens is 288 g/mol. The standard InChI is InChI=1S/C18H16N4O/c23-18(14-4-3-10-19-12-14)22-16-8-6-15(7-9-16)21-13-17-5-1-2-11-20-17/h1-12,21H,13H2,(H,22,23). The predicted molar refractivity (Wildman–Crippen MR) is 90.2 cm³/mol. The fraction of sp³-hybridized carbons (Fsp3) is 0.0556. The first-order valence-electron chi connectivity index (χ1n) is 7.26. The van der Waals surface area contributed by atoms with Crippen molar-refractivity contribution < 1.29 is 4.79 Å². The normalized spacial score (nSPS) is 10.1. The van der Waals surface area contributed by atoms with Gasteiger partial charge in [-0.25, -0.2) is 0 Å². The maximum absolute atomic E-state index is 12.0. The summed E-state index contributed by atoms with van der Waals surface area (Å²) >= 11 is 0. The first-order chi connectivity index (χ1) is 11.3. The molecule has 5 nitrogen and oxygen atoms in total. The molecule has 0 atom stereocenters. The molecule has 0 saturated heterocycles. The van der Waals surface area contributed by atoms with E-state index in [1.165, 1.54) is 6.20 Å². The van der Waals surface area contributed by atoms with Crippen LogP contribution in [0.25, 0.3) is 0 Å². The first-order valence-corrected chi connectivity index (χ1v) is 7.26. The average molecular weight is 304 g/mol. The van der Waals surface area contributed by atoms with E-state index in [9.17, 15) is 4.79 Å². The summed E-state index contributed by atoms with van der Waals surface area (Å²) in [7, 11) is 0. The molecule has 2 aromatic heterocycles. The number of carbonyl (C=O) groups excluding carboxylic acids is 1. The van der Waals surface area contributed by atoms with Crippen molar-refractivity contribution in [3.63, 3.8) is 0 Å². The van der Waals surface area contributed by atoms with Crippen molar-refractivity contribution in [2.75, 3.05) is 10.6 Å². The third-order valence-electron chi connectivity index (χ3n) is 3.27. The lowest BCUT2D eigenvalue weighted by molar-refractivity contribution is 0.102. The van der Waals surface area contributed by atoms with E-state index in [-0.39, 0.29) is 5.91 Å². The Hall–Kier alpha value is -3.21. The van der Waals surface area contributed by atoms with Crippen LogP contribution >= 0.6 is 0 Å². The van der Waals surface area contributed by atoms with E-state index >= 15 is 0 Å². The molecule has 0 unspecified atom stereocenters. The zero-order chi connectivity index (χ0) is 15.9. The fourth-order valence-electron chi connectivity index (χ4n) is 2.07. The van der Waals surface area contributed by atoms with Crippen LogP contribution in [0.5, 0.6) is 0 Å². The van der Waals surface area contributed by atoms with E-state index in [1.54, 1.807) is 24.5 Å². The van der Waals surface area contributed by atoms with E-state index in [0.717, 1.165) is 17.1 Å². The summed E-state index contributed by atoms with van der Waals surface area (Å²) in [5.74, 6) is -0.174. The molecule has 2 N–H and O–H groups in total. The number of hydrogen-bond donors (Lipinski definition) is 2. The summed E-state index contributed by atoms with van der Waals surface area (Å²) < 4.78 is 0. The molecular formula is C18H16N4O. The molecule has 0 aliphatic rings. The molecule has 3 rings (SSSR count). The second-order valence-electron chi connectivity index (χ2n) is 4.95. The van der Waals surface area contributed by atoms with Crippen LogP contribution < -0.4 is 10.6 Å². The van der Waals surface area contributed by atoms with Crippen LogP contribution in [0.2, 0.25) is 0 Å². The maximum atomic E-state index is 12.0. The number of pyridine rings is 2. The third-order valence-corrected chi connectivity index (χ3v) is 3.27. The van der Waals surface area contributed by atoms with Gasteiger partial charge in [-0.1, -0.05) is 6.07 Å². The van der Waals surface area contributed by atoms with E-state index < -0.39 is 0 Å². The topological polar surface area (TPSA) is 66.9 Å². The average Bonchev–Trinajstić information content (AvgIpc) is 2.63. The highest BCUT2D eigenvalue weighted by Gasteiger charge is 2.05. The van der Waals surface area contributed by atoms with Gasteiger partial charge in [-0.05, 0) is 48.5 Å². The van der Waals surface area contributed by atoms with Crippen LogP contribution in [0.4, 0.5) is 11.4 Å². The predicted octanol–water partition coefficient (Wildman–Crippen LogP) is 3.34. The number of nitrogens with one attached hydrogen (secondary N) is 2. The molecule has 0 spiro atoms. The molecule has 23 heavy (non-hydrogen) atoms. The highest BCUT2D eigenvalue weighted by Crippen LogP contribution is 2.15. The van der Waals surface area contributed by atoms with E-state index in [0.29, 0.717) is 12.1 Å². The zero-order valence-corrected chi connectivity index (χ0v) is 12.4. The quantitative estimate of drug-likeness (QED) is 0.758. The number of nitrogens with zero attached hydrogens (tertiary/aromatic N) is 2. The van der Waals surface area contributed by atoms with Gasteiger partial charge in [0.15, 0.2) is 0 Å². The Balaban J connectivity index is 1.58. The molecule has 3 aromatic rings. The van der Waals surface area contributed by atoms with Gasteiger partial charge in [0, 0.05) is 30.0 Å². The van der Waals surface area contributed by atoms with Crippen molar-refractivity contribution in [3.05, 3.63) is 84.4 Å². The molecule has 0 fully saturated rings. The summed E-state index contributed by atoms with van der Waals surface area (Å²) in [4.78, 5) is 20.2. The van der Waals surface area contributed by atoms with Gasteiger partial charge in [-0.3, -0.25) is 14.8 Å². The second-order valence-corrected chi connectivity index (χ2v) is 4.95. The van der Waals surface area contributed by atoms with E-state index in [4.69, 9.17) is 0 Å². The van der Waals surface area contributed by atoms with Gasteiger partial charge in [0.1, 0.15) is 0 Å². The third kappa shape index (κ3) is 4.14. The number of anilines is 2. The Labute approximate surface area is 134 Å². The van der Waals surface area contributed by atoms with Crippen LogP contribution in [0.15, 0.2) is 73.2 Å². The van der Waals surface area contributed by atoms with Crippen molar-refractivity contribution >= 4 is 17.3 Å². The minimum atomic E-state index is -0.174. The minimum Gasteiger partial charge on any atom is -0.379 e. The van der Waals surface area contributed by atoms with Crippen LogP contribution in [0, 0.1) is 0 Å². The zero-order valence-electron chi connectivity index (χ0n) is 12.4. The fourth-order valence-corrected chi connectivity index (χ4v) is 2.07. The number of aromatic nitrogens is 2. The van der Waals surface area contributed by atoms with Gasteiger partial charge in [0.25, 0.3) is 5.91 Å². The number of carbonyl (C=O) groups is 1. The van der Waals surface area contributed by atoms with Gasteiger partial charge in [0.05, 0.1) is 17.8 Å². The first kappa shape index (κ1) is 14.7. The van der Waals surface area contributed by atoms with Crippen molar-refractivity contribution in [3.8, 4) is 0 Å². The molecule has 1 amide bonds. The van der Waals surface area contributed by atoms with Gasteiger partial charge >= 0.3 is 0 Å². The minimum absolute atomic E-state index is 0.174. The maximum Gasteiger partial charge on any atom is 0.257 e. The highest BCUT2D eigenvalue weighted by molar-refractivity contribution is 6.04. The molecule has 0 bridgehead atoms. The van der Waals surface area contributed by atoms with Crippen LogP contribution in [0.1, 0.15) is 16.1 Å². The molecule has 0 saturated carbocycles. The molecule has 114 valence electrons. The number of rotatable bonds is 5. The summed E-state index contributed by atoms with van der Waals surface area (Å²) in [6, 6.07) is 16.8. The lowest BCUT2D eigenvalue weighted by Gasteiger charge is -2.08. The highest BCUT2D eigenvalue weighted by atomic mass is 16.1. The molecule has 0 aliphatic carbocycles. The lowest BCUT2D eigenvalue weighted by Crippen LogP contribution is -2.12. The second kappa shape index (κ2) is 7.17. The largest absolute Gasteiger partial charge is 0.379 e. The van der Waals surface area contributed by atoms with Crippen molar-refractivity contribution in [2.45, 2.75) is 6.54 Å². The van der Waals surface area contributed by atoms with Gasteiger partial charge < -0.3 is 10.6 Å². The van der Waals surface area contributed by atoms with Gasteiger partial charge in [-0.2, -0.15) is 0 Å². The Bertz CT molecular complexity index is 758. The molecule has 2 heterocycles. The monoisotopic (exact) mass is 304 g/mol.